The van der Waals surface area contributed by atoms with E-state index in [4.69, 9.17) is 5.73 Å². The molecule has 0 fully saturated rings. The van der Waals surface area contributed by atoms with Crippen LogP contribution in [-0.4, -0.2) is 18.2 Å². The van der Waals surface area contributed by atoms with E-state index >= 15 is 0 Å². The number of hydrogen-bond acceptors (Lipinski definition) is 3. The average molecular weight is 236 g/mol. The normalized spacial score (nSPS) is 13.0. The third-order valence-electron chi connectivity index (χ3n) is 2.84. The van der Waals surface area contributed by atoms with Gasteiger partial charge in [-0.1, -0.05) is 26.0 Å². The topological polar surface area (TPSA) is 58.3 Å². The molecule has 1 unspecified atom stereocenters. The lowest BCUT2D eigenvalue weighted by atomic mass is 10.0. The summed E-state index contributed by atoms with van der Waals surface area (Å²) in [7, 11) is 0. The number of aliphatic hydroxyl groups excluding tert-OH is 1. The monoisotopic (exact) mass is 236 g/mol. The van der Waals surface area contributed by atoms with Crippen LogP contribution in [-0.2, 0) is 0 Å². The molecule has 1 aromatic carbocycles. The number of anilines is 1. The van der Waals surface area contributed by atoms with Gasteiger partial charge in [0.1, 0.15) is 0 Å². The predicted molar refractivity (Wildman–Crippen MR) is 72.9 cm³/mol. The molecule has 0 aliphatic heterocycles. The quantitative estimate of drug-likeness (QED) is 0.524. The van der Waals surface area contributed by atoms with Crippen molar-refractivity contribution in [3.05, 3.63) is 29.3 Å². The molecule has 0 aromatic heterocycles. The molecule has 17 heavy (non-hydrogen) atoms. The van der Waals surface area contributed by atoms with E-state index in [1.165, 1.54) is 0 Å². The Morgan fingerprint density at radius 3 is 2.65 bits per heavy atom. The molecule has 0 bridgehead atoms. The van der Waals surface area contributed by atoms with Crippen LogP contribution in [0.5, 0.6) is 0 Å². The summed E-state index contributed by atoms with van der Waals surface area (Å²) in [6.07, 6.45) is 0.285. The van der Waals surface area contributed by atoms with Crippen LogP contribution in [0.4, 0.5) is 5.69 Å². The first kappa shape index (κ1) is 14.0. The van der Waals surface area contributed by atoms with Gasteiger partial charge in [-0.05, 0) is 49.5 Å². The van der Waals surface area contributed by atoms with Crippen LogP contribution < -0.4 is 11.1 Å². The van der Waals surface area contributed by atoms with E-state index in [-0.39, 0.29) is 0 Å². The van der Waals surface area contributed by atoms with Crippen molar-refractivity contribution >= 4 is 5.69 Å². The molecule has 0 saturated heterocycles. The van der Waals surface area contributed by atoms with E-state index < -0.39 is 6.10 Å². The second-order valence-corrected chi connectivity index (χ2v) is 5.02. The van der Waals surface area contributed by atoms with Crippen LogP contribution in [0.1, 0.15) is 37.5 Å². The molecule has 1 rings (SSSR count). The molecule has 1 atom stereocenters. The summed E-state index contributed by atoms with van der Waals surface area (Å²) in [6, 6.07) is 5.76. The number of nitrogen functional groups attached to an aromatic ring is 1. The zero-order valence-electron chi connectivity index (χ0n) is 11.0. The fraction of sp³-hybridized carbons (Fsp3) is 0.571. The van der Waals surface area contributed by atoms with Gasteiger partial charge in [-0.25, -0.2) is 0 Å². The van der Waals surface area contributed by atoms with E-state index in [1.54, 1.807) is 0 Å². The van der Waals surface area contributed by atoms with Crippen molar-refractivity contribution in [1.29, 1.82) is 0 Å². The number of rotatable bonds is 6. The second kappa shape index (κ2) is 6.62. The maximum absolute atomic E-state index is 10.0. The predicted octanol–water partition coefficient (Wildman–Crippen LogP) is 2.25. The number of nitrogens with two attached hydrogens (primary N) is 1. The first-order valence-electron chi connectivity index (χ1n) is 6.25. The minimum atomic E-state index is -0.433. The highest BCUT2D eigenvalue weighted by atomic mass is 16.3. The summed E-state index contributed by atoms with van der Waals surface area (Å²) in [5.74, 6) is 0.641. The molecule has 3 nitrogen and oxygen atoms in total. The fourth-order valence-electron chi connectivity index (χ4n) is 1.66. The van der Waals surface area contributed by atoms with Crippen molar-refractivity contribution < 1.29 is 5.11 Å². The van der Waals surface area contributed by atoms with Crippen molar-refractivity contribution in [2.45, 2.75) is 33.3 Å². The molecule has 0 saturated carbocycles. The Morgan fingerprint density at radius 2 is 2.06 bits per heavy atom. The Hall–Kier alpha value is -1.06. The second-order valence-electron chi connectivity index (χ2n) is 5.02. The van der Waals surface area contributed by atoms with Crippen LogP contribution in [0.2, 0.25) is 0 Å². The van der Waals surface area contributed by atoms with E-state index in [0.29, 0.717) is 5.92 Å². The first-order valence-corrected chi connectivity index (χ1v) is 6.25. The van der Waals surface area contributed by atoms with Crippen LogP contribution in [0, 0.1) is 12.8 Å². The maximum Gasteiger partial charge on any atom is 0.0802 e. The van der Waals surface area contributed by atoms with Crippen molar-refractivity contribution in [2.75, 3.05) is 18.8 Å². The molecule has 0 radical (unpaired) electrons. The number of nitrogens with one attached hydrogen (secondary N) is 1. The van der Waals surface area contributed by atoms with Gasteiger partial charge in [0.05, 0.1) is 6.10 Å². The highest BCUT2D eigenvalue weighted by Crippen LogP contribution is 2.20. The van der Waals surface area contributed by atoms with E-state index in [9.17, 15) is 5.11 Å². The molecule has 1 aromatic rings. The zero-order chi connectivity index (χ0) is 12.8. The number of aliphatic hydroxyl groups is 1. The summed E-state index contributed by atoms with van der Waals surface area (Å²) in [4.78, 5) is 0. The minimum Gasteiger partial charge on any atom is -0.399 e. The lowest BCUT2D eigenvalue weighted by Crippen LogP contribution is -2.22. The summed E-state index contributed by atoms with van der Waals surface area (Å²) in [5, 5.41) is 13.3. The van der Waals surface area contributed by atoms with Crippen LogP contribution in [0.25, 0.3) is 0 Å². The van der Waals surface area contributed by atoms with E-state index in [1.807, 2.05) is 25.1 Å². The van der Waals surface area contributed by atoms with E-state index in [2.05, 4.69) is 19.2 Å². The van der Waals surface area contributed by atoms with Crippen molar-refractivity contribution in [2.24, 2.45) is 5.92 Å². The first-order chi connectivity index (χ1) is 8.00. The Labute approximate surface area is 104 Å². The molecular formula is C14H24N2O. The van der Waals surface area contributed by atoms with Gasteiger partial charge in [0, 0.05) is 5.69 Å². The largest absolute Gasteiger partial charge is 0.399 e. The number of hydrogen-bond donors (Lipinski definition) is 3. The molecule has 4 N–H and O–H groups in total. The number of benzene rings is 1. The van der Waals surface area contributed by atoms with Gasteiger partial charge in [-0.3, -0.25) is 0 Å². The summed E-state index contributed by atoms with van der Waals surface area (Å²) >= 11 is 0. The van der Waals surface area contributed by atoms with Gasteiger partial charge in [-0.15, -0.1) is 0 Å². The van der Waals surface area contributed by atoms with Gasteiger partial charge >= 0.3 is 0 Å². The number of aryl methyl sites for hydroxylation is 1. The third-order valence-corrected chi connectivity index (χ3v) is 2.84. The third kappa shape index (κ3) is 4.75. The zero-order valence-corrected chi connectivity index (χ0v) is 11.0. The molecule has 0 aliphatic rings. The van der Waals surface area contributed by atoms with Crippen molar-refractivity contribution in [3.8, 4) is 0 Å². The van der Waals surface area contributed by atoms with Crippen molar-refractivity contribution in [1.82, 2.24) is 5.32 Å². The molecule has 0 heterocycles. The Morgan fingerprint density at radius 1 is 1.35 bits per heavy atom. The summed E-state index contributed by atoms with van der Waals surface area (Å²) < 4.78 is 0. The molecule has 0 aliphatic carbocycles. The lowest BCUT2D eigenvalue weighted by molar-refractivity contribution is 0.166. The summed E-state index contributed by atoms with van der Waals surface area (Å²) in [5.41, 5.74) is 8.53. The summed E-state index contributed by atoms with van der Waals surface area (Å²) in [6.45, 7) is 8.12. The Bertz CT molecular complexity index is 350. The lowest BCUT2D eigenvalue weighted by Gasteiger charge is -2.13. The van der Waals surface area contributed by atoms with Gasteiger partial charge in [-0.2, -0.15) is 0 Å². The minimum absolute atomic E-state index is 0.433. The SMILES string of the molecule is Cc1ccc(C(O)CCNCC(C)C)cc1N. The molecular weight excluding hydrogens is 212 g/mol. The molecule has 0 spiro atoms. The Balaban J connectivity index is 2.41. The van der Waals surface area contributed by atoms with Gasteiger partial charge in [0.25, 0.3) is 0 Å². The van der Waals surface area contributed by atoms with Crippen LogP contribution >= 0.6 is 0 Å². The smallest absolute Gasteiger partial charge is 0.0802 e. The average Bonchev–Trinajstić information content (AvgIpc) is 2.27. The van der Waals surface area contributed by atoms with Gasteiger partial charge < -0.3 is 16.2 Å². The highest BCUT2D eigenvalue weighted by molar-refractivity contribution is 5.48. The molecule has 3 heteroatoms. The standard InChI is InChI=1S/C14H24N2O/c1-10(2)9-16-7-6-14(17)12-5-4-11(3)13(15)8-12/h4-5,8,10,14,16-17H,6-7,9,15H2,1-3H3. The van der Waals surface area contributed by atoms with Crippen molar-refractivity contribution in [3.63, 3.8) is 0 Å². The van der Waals surface area contributed by atoms with E-state index in [0.717, 1.165) is 36.3 Å². The van der Waals surface area contributed by atoms with Crippen LogP contribution in [0.3, 0.4) is 0 Å². The molecule has 0 amide bonds. The Kier molecular flexibility index (Phi) is 5.45. The maximum atomic E-state index is 10.0. The van der Waals surface area contributed by atoms with Crippen LogP contribution in [0.15, 0.2) is 18.2 Å². The molecule has 96 valence electrons. The highest BCUT2D eigenvalue weighted by Gasteiger charge is 2.08. The fourth-order valence-corrected chi connectivity index (χ4v) is 1.66. The van der Waals surface area contributed by atoms with Gasteiger partial charge in [0.15, 0.2) is 0 Å². The van der Waals surface area contributed by atoms with Gasteiger partial charge in [0.2, 0.25) is 0 Å².